The highest BCUT2D eigenvalue weighted by Crippen LogP contribution is 2.35. The molecule has 2 aliphatic heterocycles. The summed E-state index contributed by atoms with van der Waals surface area (Å²) in [4.78, 5) is 2.03. The number of fused-ring (bicyclic) bond motifs is 1. The number of aromatic nitrogens is 3. The summed E-state index contributed by atoms with van der Waals surface area (Å²) >= 11 is 0. The van der Waals surface area contributed by atoms with Crippen molar-refractivity contribution in [1.29, 1.82) is 0 Å². The van der Waals surface area contributed by atoms with Gasteiger partial charge in [0.2, 0.25) is 10.0 Å². The first-order valence-corrected chi connectivity index (χ1v) is 14.6. The number of piperidine rings is 1. The lowest BCUT2D eigenvalue weighted by Gasteiger charge is -2.29. The summed E-state index contributed by atoms with van der Waals surface area (Å²) in [7, 11) is -4.16. The van der Waals surface area contributed by atoms with E-state index in [0.29, 0.717) is 18.4 Å². The second kappa shape index (κ2) is 11.3. The zero-order chi connectivity index (χ0) is 27.6. The van der Waals surface area contributed by atoms with Crippen LogP contribution >= 0.6 is 0 Å². The summed E-state index contributed by atoms with van der Waals surface area (Å²) in [5, 5.41) is 8.53. The Balaban J connectivity index is 1.24. The lowest BCUT2D eigenvalue weighted by molar-refractivity contribution is -0.137. The van der Waals surface area contributed by atoms with Crippen molar-refractivity contribution in [3.63, 3.8) is 0 Å². The number of ether oxygens (including phenoxy) is 1. The van der Waals surface area contributed by atoms with Gasteiger partial charge in [-0.3, -0.25) is 4.90 Å². The molecule has 39 heavy (non-hydrogen) atoms. The molecule has 1 unspecified atom stereocenters. The van der Waals surface area contributed by atoms with E-state index in [2.05, 4.69) is 38.1 Å². The van der Waals surface area contributed by atoms with E-state index in [-0.39, 0.29) is 12.5 Å². The first kappa shape index (κ1) is 27.6. The van der Waals surface area contributed by atoms with Gasteiger partial charge in [0, 0.05) is 37.2 Å². The van der Waals surface area contributed by atoms with Crippen molar-refractivity contribution in [1.82, 2.24) is 24.6 Å². The topological polar surface area (TPSA) is 89.3 Å². The molecule has 2 atom stereocenters. The molecule has 0 aliphatic carbocycles. The van der Waals surface area contributed by atoms with Crippen LogP contribution in [0, 0.1) is 0 Å². The van der Waals surface area contributed by atoms with E-state index in [1.807, 2.05) is 0 Å². The number of rotatable bonds is 8. The van der Waals surface area contributed by atoms with Crippen LogP contribution in [-0.2, 0) is 29.2 Å². The summed E-state index contributed by atoms with van der Waals surface area (Å²) in [5.74, 6) is 0.847. The van der Waals surface area contributed by atoms with Gasteiger partial charge in [-0.2, -0.15) is 13.2 Å². The van der Waals surface area contributed by atoms with Gasteiger partial charge in [-0.05, 0) is 62.7 Å². The second-order valence-electron chi connectivity index (χ2n) is 10.3. The highest BCUT2D eigenvalue weighted by Gasteiger charge is 2.32. The van der Waals surface area contributed by atoms with E-state index in [1.165, 1.54) is 24.8 Å². The molecule has 0 radical (unpaired) electrons. The third-order valence-corrected chi connectivity index (χ3v) is 8.75. The number of hydrogen-bond donors (Lipinski definition) is 1. The van der Waals surface area contributed by atoms with Crippen LogP contribution in [0.3, 0.4) is 0 Å². The fourth-order valence-electron chi connectivity index (χ4n) is 5.25. The molecule has 0 saturated carbocycles. The molecule has 2 aromatic carbocycles. The normalized spacial score (nSPS) is 19.3. The maximum absolute atomic E-state index is 13.0. The number of nitrogens with zero attached hydrogens (tertiary/aromatic N) is 4. The van der Waals surface area contributed by atoms with Crippen molar-refractivity contribution < 1.29 is 26.3 Å². The quantitative estimate of drug-likeness (QED) is 0.432. The molecular formula is C27H32F3N5O3S. The first-order chi connectivity index (χ1) is 18.6. The third kappa shape index (κ3) is 6.62. The third-order valence-electron chi connectivity index (χ3n) is 7.16. The van der Waals surface area contributed by atoms with Crippen molar-refractivity contribution in [2.24, 2.45) is 0 Å². The van der Waals surface area contributed by atoms with Gasteiger partial charge in [-0.25, -0.2) is 17.8 Å². The summed E-state index contributed by atoms with van der Waals surface area (Å²) in [6, 6.07) is 9.35. The van der Waals surface area contributed by atoms with Crippen LogP contribution in [0.1, 0.15) is 61.0 Å². The van der Waals surface area contributed by atoms with Crippen LogP contribution in [0.2, 0.25) is 0 Å². The fraction of sp³-hybridized carbons (Fsp3) is 0.481. The molecule has 3 aromatic rings. The van der Waals surface area contributed by atoms with Gasteiger partial charge < -0.3 is 4.74 Å². The predicted molar refractivity (Wildman–Crippen MR) is 139 cm³/mol. The summed E-state index contributed by atoms with van der Waals surface area (Å²) in [6.45, 7) is 5.34. The Hall–Kier alpha value is -2.96. The molecule has 1 N–H and O–H groups in total. The molecule has 0 bridgehead atoms. The van der Waals surface area contributed by atoms with Crippen molar-refractivity contribution in [2.75, 3.05) is 19.7 Å². The number of likely N-dealkylation sites (tertiary alicyclic amines) is 1. The maximum atomic E-state index is 13.0. The van der Waals surface area contributed by atoms with Crippen LogP contribution in [0.4, 0.5) is 13.2 Å². The first-order valence-electron chi connectivity index (χ1n) is 13.2. The Morgan fingerprint density at radius 1 is 1.13 bits per heavy atom. The molecule has 210 valence electrons. The Labute approximate surface area is 226 Å². The summed E-state index contributed by atoms with van der Waals surface area (Å²) in [5.41, 5.74) is 1.80. The molecule has 1 saturated heterocycles. The van der Waals surface area contributed by atoms with Gasteiger partial charge >= 0.3 is 6.18 Å². The minimum Gasteiger partial charge on any atom is -0.493 e. The van der Waals surface area contributed by atoms with E-state index < -0.39 is 32.7 Å². The Bertz CT molecular complexity index is 1400. The molecule has 2 aliphatic rings. The number of hydrogen-bond acceptors (Lipinski definition) is 6. The van der Waals surface area contributed by atoms with Crippen LogP contribution in [-0.4, -0.2) is 54.0 Å². The highest BCUT2D eigenvalue weighted by molar-refractivity contribution is 7.89. The Morgan fingerprint density at radius 2 is 1.92 bits per heavy atom. The largest absolute Gasteiger partial charge is 0.493 e. The molecule has 8 nitrogen and oxygen atoms in total. The molecule has 5 rings (SSSR count). The number of benzene rings is 2. The zero-order valence-electron chi connectivity index (χ0n) is 21.7. The van der Waals surface area contributed by atoms with Crippen molar-refractivity contribution in [2.45, 2.75) is 68.7 Å². The van der Waals surface area contributed by atoms with E-state index in [9.17, 15) is 21.6 Å². The molecule has 0 spiro atoms. The van der Waals surface area contributed by atoms with Gasteiger partial charge in [0.1, 0.15) is 5.75 Å². The number of sulfonamides is 1. The Kier molecular flexibility index (Phi) is 7.97. The van der Waals surface area contributed by atoms with Gasteiger partial charge in [-0.15, -0.1) is 5.10 Å². The molecular weight excluding hydrogens is 531 g/mol. The minimum atomic E-state index is -4.63. The number of nitrogens with one attached hydrogen (secondary N) is 1. The maximum Gasteiger partial charge on any atom is 0.416 e. The Morgan fingerprint density at radius 3 is 2.69 bits per heavy atom. The fourth-order valence-corrected chi connectivity index (χ4v) is 6.54. The lowest BCUT2D eigenvalue weighted by atomic mass is 9.98. The predicted octanol–water partition coefficient (Wildman–Crippen LogP) is 4.56. The second-order valence-corrected chi connectivity index (χ2v) is 12.0. The molecule has 0 amide bonds. The highest BCUT2D eigenvalue weighted by atomic mass is 32.2. The van der Waals surface area contributed by atoms with Crippen LogP contribution in [0.5, 0.6) is 5.75 Å². The number of alkyl halides is 3. The van der Waals surface area contributed by atoms with E-state index >= 15 is 0 Å². The van der Waals surface area contributed by atoms with Crippen LogP contribution in [0.15, 0.2) is 53.6 Å². The average Bonchev–Trinajstić information content (AvgIpc) is 3.36. The molecule has 3 heterocycles. The molecule has 1 fully saturated rings. The van der Waals surface area contributed by atoms with Gasteiger partial charge in [0.15, 0.2) is 0 Å². The SMILES string of the molecule is C[C@@H](Cc1cn(C2CCOc3cc(CN4CCCCC4)ccc32)nn1)NS(=O)(=O)c1cccc(C(F)(F)F)c1. The van der Waals surface area contributed by atoms with Crippen molar-refractivity contribution in [3.05, 3.63) is 71.0 Å². The van der Waals surface area contributed by atoms with Crippen LogP contribution < -0.4 is 9.46 Å². The van der Waals surface area contributed by atoms with Gasteiger partial charge in [0.05, 0.1) is 28.8 Å². The van der Waals surface area contributed by atoms with Gasteiger partial charge in [-0.1, -0.05) is 29.8 Å². The van der Waals surface area contributed by atoms with Crippen molar-refractivity contribution >= 4 is 10.0 Å². The monoisotopic (exact) mass is 563 g/mol. The van der Waals surface area contributed by atoms with E-state index in [4.69, 9.17) is 4.74 Å². The van der Waals surface area contributed by atoms with Crippen molar-refractivity contribution in [3.8, 4) is 5.75 Å². The average molecular weight is 564 g/mol. The van der Waals surface area contributed by atoms with E-state index in [1.54, 1.807) is 17.8 Å². The minimum absolute atomic E-state index is 0.0591. The summed E-state index contributed by atoms with van der Waals surface area (Å²) in [6.07, 6.45) is 1.88. The molecule has 12 heteroatoms. The summed E-state index contributed by atoms with van der Waals surface area (Å²) < 4.78 is 74.7. The van der Waals surface area contributed by atoms with Crippen LogP contribution in [0.25, 0.3) is 0 Å². The van der Waals surface area contributed by atoms with E-state index in [0.717, 1.165) is 55.6 Å². The lowest BCUT2D eigenvalue weighted by Crippen LogP contribution is -2.34. The number of halogens is 3. The molecule has 1 aromatic heterocycles. The standard InChI is InChI=1S/C27H32F3N5O3S/c1-19(32-39(36,37)23-7-5-6-21(16-23)27(28,29)30)14-22-18-35(33-31-22)25-10-13-38-26-15-20(8-9-24(25)26)17-34-11-3-2-4-12-34/h5-9,15-16,18-19,25,32H,2-4,10-14,17H2,1H3/t19-,25?/m0/s1. The smallest absolute Gasteiger partial charge is 0.416 e. The zero-order valence-corrected chi connectivity index (χ0v) is 22.5. The van der Waals surface area contributed by atoms with Gasteiger partial charge in [0.25, 0.3) is 0 Å².